The summed E-state index contributed by atoms with van der Waals surface area (Å²) in [6, 6.07) is 9.92. The van der Waals surface area contributed by atoms with Crippen molar-refractivity contribution < 1.29 is 9.59 Å². The zero-order valence-corrected chi connectivity index (χ0v) is 12.0. The zero-order chi connectivity index (χ0) is 14.4. The summed E-state index contributed by atoms with van der Waals surface area (Å²) in [7, 11) is 0. The molecule has 0 atom stereocenters. The Kier molecular flexibility index (Phi) is 3.04. The van der Waals surface area contributed by atoms with E-state index in [-0.39, 0.29) is 16.8 Å². The van der Waals surface area contributed by atoms with Gasteiger partial charge in [-0.1, -0.05) is 35.3 Å². The van der Waals surface area contributed by atoms with Gasteiger partial charge in [-0.2, -0.15) is 0 Å². The SMILES string of the molecule is Cc1cc(Cl)cc(Cl)c1N1C(=O)c2ccccc2C1=O. The maximum atomic E-state index is 12.4. The zero-order valence-electron chi connectivity index (χ0n) is 10.5. The molecule has 0 aromatic heterocycles. The van der Waals surface area contributed by atoms with Gasteiger partial charge in [0.1, 0.15) is 0 Å². The van der Waals surface area contributed by atoms with Crippen molar-refractivity contribution in [3.05, 3.63) is 63.1 Å². The molecule has 3 rings (SSSR count). The minimum atomic E-state index is -0.363. The second-order valence-corrected chi connectivity index (χ2v) is 5.39. The van der Waals surface area contributed by atoms with Crippen molar-refractivity contribution in [1.29, 1.82) is 0 Å². The smallest absolute Gasteiger partial charge is 0.266 e. The maximum Gasteiger partial charge on any atom is 0.266 e. The van der Waals surface area contributed by atoms with Crippen molar-refractivity contribution in [3.8, 4) is 0 Å². The number of hydrogen-bond donors (Lipinski definition) is 0. The van der Waals surface area contributed by atoms with Gasteiger partial charge in [-0.3, -0.25) is 9.59 Å². The lowest BCUT2D eigenvalue weighted by Gasteiger charge is -2.18. The van der Waals surface area contributed by atoms with Gasteiger partial charge in [-0.15, -0.1) is 0 Å². The molecule has 0 bridgehead atoms. The van der Waals surface area contributed by atoms with Gasteiger partial charge in [0.05, 0.1) is 21.8 Å². The first-order chi connectivity index (χ1) is 9.50. The van der Waals surface area contributed by atoms with Gasteiger partial charge < -0.3 is 0 Å². The van der Waals surface area contributed by atoms with Gasteiger partial charge in [-0.25, -0.2) is 4.90 Å². The second-order valence-electron chi connectivity index (χ2n) is 4.54. The first kappa shape index (κ1) is 13.2. The maximum absolute atomic E-state index is 12.4. The molecule has 1 heterocycles. The number of carbonyl (C=O) groups excluding carboxylic acids is 2. The molecule has 0 spiro atoms. The van der Waals surface area contributed by atoms with E-state index in [0.717, 1.165) is 4.90 Å². The van der Waals surface area contributed by atoms with E-state index >= 15 is 0 Å². The van der Waals surface area contributed by atoms with Gasteiger partial charge in [0.2, 0.25) is 0 Å². The number of aryl methyl sites for hydroxylation is 1. The molecule has 1 aliphatic heterocycles. The molecule has 0 saturated heterocycles. The molecule has 0 aliphatic carbocycles. The third kappa shape index (κ3) is 1.82. The van der Waals surface area contributed by atoms with E-state index in [1.807, 2.05) is 0 Å². The fourth-order valence-corrected chi connectivity index (χ4v) is 3.05. The van der Waals surface area contributed by atoms with Crippen LogP contribution in [-0.2, 0) is 0 Å². The van der Waals surface area contributed by atoms with E-state index in [1.54, 1.807) is 37.3 Å². The van der Waals surface area contributed by atoms with E-state index in [2.05, 4.69) is 0 Å². The molecule has 0 saturated carbocycles. The Bertz CT molecular complexity index is 697. The summed E-state index contributed by atoms with van der Waals surface area (Å²) in [4.78, 5) is 25.9. The van der Waals surface area contributed by atoms with Gasteiger partial charge in [0, 0.05) is 5.02 Å². The lowest BCUT2D eigenvalue weighted by Crippen LogP contribution is -2.30. The molecular weight excluding hydrogens is 297 g/mol. The Hall–Kier alpha value is -1.84. The fraction of sp³-hybridized carbons (Fsp3) is 0.0667. The van der Waals surface area contributed by atoms with Crippen LogP contribution < -0.4 is 4.90 Å². The summed E-state index contributed by atoms with van der Waals surface area (Å²) in [6.07, 6.45) is 0. The highest BCUT2D eigenvalue weighted by Gasteiger charge is 2.38. The Morgan fingerprint density at radius 1 is 0.950 bits per heavy atom. The molecule has 20 heavy (non-hydrogen) atoms. The molecule has 3 nitrogen and oxygen atoms in total. The van der Waals surface area contributed by atoms with E-state index in [0.29, 0.717) is 27.4 Å². The van der Waals surface area contributed by atoms with Crippen molar-refractivity contribution in [3.63, 3.8) is 0 Å². The molecule has 2 aromatic rings. The van der Waals surface area contributed by atoms with Crippen molar-refractivity contribution in [1.82, 2.24) is 0 Å². The number of rotatable bonds is 1. The Labute approximate surface area is 125 Å². The minimum absolute atomic E-state index is 0.282. The van der Waals surface area contributed by atoms with Crippen LogP contribution in [0.4, 0.5) is 5.69 Å². The summed E-state index contributed by atoms with van der Waals surface area (Å²) in [5.41, 5.74) is 1.85. The third-order valence-corrected chi connectivity index (χ3v) is 3.74. The quantitative estimate of drug-likeness (QED) is 0.744. The number of fused-ring (bicyclic) bond motifs is 1. The van der Waals surface area contributed by atoms with E-state index in [1.165, 1.54) is 6.07 Å². The van der Waals surface area contributed by atoms with Gasteiger partial charge in [-0.05, 0) is 36.8 Å². The molecule has 0 unspecified atom stereocenters. The Morgan fingerprint density at radius 3 is 2.00 bits per heavy atom. The van der Waals surface area contributed by atoms with Crippen LogP contribution in [0.25, 0.3) is 0 Å². The first-order valence-electron chi connectivity index (χ1n) is 5.94. The molecule has 2 aromatic carbocycles. The van der Waals surface area contributed by atoms with Crippen LogP contribution in [-0.4, -0.2) is 11.8 Å². The second kappa shape index (κ2) is 4.62. The third-order valence-electron chi connectivity index (χ3n) is 3.24. The topological polar surface area (TPSA) is 37.4 Å². The number of imide groups is 1. The highest BCUT2D eigenvalue weighted by Crippen LogP contribution is 2.37. The Balaban J connectivity index is 2.19. The minimum Gasteiger partial charge on any atom is -0.268 e. The molecular formula is C15H9Cl2NO2. The monoisotopic (exact) mass is 305 g/mol. The highest BCUT2D eigenvalue weighted by atomic mass is 35.5. The van der Waals surface area contributed by atoms with Gasteiger partial charge >= 0.3 is 0 Å². The van der Waals surface area contributed by atoms with Crippen LogP contribution in [0.15, 0.2) is 36.4 Å². The molecule has 100 valence electrons. The van der Waals surface area contributed by atoms with Crippen LogP contribution in [0.3, 0.4) is 0 Å². The molecule has 0 radical (unpaired) electrons. The van der Waals surface area contributed by atoms with Crippen molar-refractivity contribution >= 4 is 40.7 Å². The summed E-state index contributed by atoms with van der Waals surface area (Å²) in [5.74, 6) is -0.726. The van der Waals surface area contributed by atoms with Crippen molar-refractivity contribution in [2.45, 2.75) is 6.92 Å². The average molecular weight is 306 g/mol. The van der Waals surface area contributed by atoms with Gasteiger partial charge in [0.15, 0.2) is 0 Å². The molecule has 0 fully saturated rings. The summed E-state index contributed by atoms with van der Waals surface area (Å²) in [5, 5.41) is 0.748. The largest absolute Gasteiger partial charge is 0.268 e. The number of benzene rings is 2. The predicted molar refractivity (Wildman–Crippen MR) is 78.8 cm³/mol. The normalized spacial score (nSPS) is 13.8. The van der Waals surface area contributed by atoms with Crippen LogP contribution in [0.2, 0.25) is 10.0 Å². The summed E-state index contributed by atoms with van der Waals surface area (Å²) >= 11 is 12.1. The number of hydrogen-bond acceptors (Lipinski definition) is 2. The predicted octanol–water partition coefficient (Wildman–Crippen LogP) is 4.10. The highest BCUT2D eigenvalue weighted by molar-refractivity contribution is 6.41. The van der Waals surface area contributed by atoms with Gasteiger partial charge in [0.25, 0.3) is 11.8 Å². The van der Waals surface area contributed by atoms with E-state index in [4.69, 9.17) is 23.2 Å². The molecule has 5 heteroatoms. The first-order valence-corrected chi connectivity index (χ1v) is 6.70. The number of amides is 2. The number of anilines is 1. The number of carbonyl (C=O) groups is 2. The van der Waals surface area contributed by atoms with Crippen LogP contribution in [0, 0.1) is 6.92 Å². The van der Waals surface area contributed by atoms with Crippen LogP contribution in [0.5, 0.6) is 0 Å². The van der Waals surface area contributed by atoms with Crippen LogP contribution in [0.1, 0.15) is 26.3 Å². The fourth-order valence-electron chi connectivity index (χ4n) is 2.37. The van der Waals surface area contributed by atoms with Crippen molar-refractivity contribution in [2.75, 3.05) is 4.90 Å². The van der Waals surface area contributed by atoms with Crippen LogP contribution >= 0.6 is 23.2 Å². The molecule has 1 aliphatic rings. The van der Waals surface area contributed by atoms with E-state index in [9.17, 15) is 9.59 Å². The standard InChI is InChI=1S/C15H9Cl2NO2/c1-8-6-9(16)7-12(17)13(8)18-14(19)10-4-2-3-5-11(10)15(18)20/h2-7H,1H3. The molecule has 2 amide bonds. The lowest BCUT2D eigenvalue weighted by molar-refractivity contribution is 0.0926. The van der Waals surface area contributed by atoms with Crippen molar-refractivity contribution in [2.24, 2.45) is 0 Å². The summed E-state index contributed by atoms with van der Waals surface area (Å²) in [6.45, 7) is 1.76. The van der Waals surface area contributed by atoms with E-state index < -0.39 is 0 Å². The number of halogens is 2. The summed E-state index contributed by atoms with van der Waals surface area (Å²) < 4.78 is 0. The molecule has 0 N–H and O–H groups in total. The average Bonchev–Trinajstić information content (AvgIpc) is 2.64. The lowest BCUT2D eigenvalue weighted by atomic mass is 10.1. The number of nitrogens with zero attached hydrogens (tertiary/aromatic N) is 1. The Morgan fingerprint density at radius 2 is 1.50 bits per heavy atom.